The van der Waals surface area contributed by atoms with E-state index in [1.807, 2.05) is 67.0 Å². The van der Waals surface area contributed by atoms with E-state index in [4.69, 9.17) is 43.6 Å². The summed E-state index contributed by atoms with van der Waals surface area (Å²) in [4.78, 5) is 40.6. The first-order chi connectivity index (χ1) is 36.8. The topological polar surface area (TPSA) is 140 Å². The predicted octanol–water partition coefficient (Wildman–Crippen LogP) is 10.9. The maximum absolute atomic E-state index is 18.4. The molecule has 7 heterocycles. The quantitative estimate of drug-likeness (QED) is 0.0920. The van der Waals surface area contributed by atoms with Crippen molar-refractivity contribution in [3.05, 3.63) is 112 Å². The van der Waals surface area contributed by atoms with Crippen molar-refractivity contribution in [3.8, 4) is 34.6 Å². The van der Waals surface area contributed by atoms with E-state index in [2.05, 4.69) is 10.2 Å². The molecule has 1 amide bonds. The van der Waals surface area contributed by atoms with Gasteiger partial charge >= 0.3 is 18.3 Å². The molecule has 408 valence electrons. The third-order valence-electron chi connectivity index (χ3n) is 15.1. The minimum absolute atomic E-state index is 0.00256. The molecule has 4 fully saturated rings. The van der Waals surface area contributed by atoms with Crippen LogP contribution in [-0.2, 0) is 30.5 Å². The number of anilines is 3. The molecule has 1 N–H and O–H groups in total. The van der Waals surface area contributed by atoms with Crippen LogP contribution in [0.25, 0.3) is 22.3 Å². The molecule has 4 saturated heterocycles. The molecule has 6 aromatic rings. The number of methoxy groups -OCH3 is 3. The van der Waals surface area contributed by atoms with Gasteiger partial charge in [-0.2, -0.15) is 23.1 Å². The number of aromatic nitrogens is 4. The Hall–Kier alpha value is -7.22. The minimum Gasteiger partial charge on any atom is -0.497 e. The van der Waals surface area contributed by atoms with Crippen molar-refractivity contribution in [2.75, 3.05) is 69.2 Å². The van der Waals surface area contributed by atoms with Gasteiger partial charge in [0.1, 0.15) is 70.0 Å². The van der Waals surface area contributed by atoms with E-state index in [1.165, 1.54) is 13.0 Å². The number of amides is 1. The molecule has 3 aromatic heterocycles. The van der Waals surface area contributed by atoms with Gasteiger partial charge in [-0.25, -0.2) is 23.5 Å². The van der Waals surface area contributed by atoms with Crippen LogP contribution in [0.1, 0.15) is 80.7 Å². The molecule has 77 heavy (non-hydrogen) atoms. The van der Waals surface area contributed by atoms with Gasteiger partial charge in [0.15, 0.2) is 5.82 Å². The number of hydrogen-bond donors (Lipinski definition) is 1. The molecule has 20 heteroatoms. The van der Waals surface area contributed by atoms with Crippen LogP contribution in [0.3, 0.4) is 0 Å². The van der Waals surface area contributed by atoms with Crippen LogP contribution >= 0.6 is 0 Å². The molecule has 2 bridgehead atoms. The molecular formula is C57H64F5N9O6. The van der Waals surface area contributed by atoms with E-state index in [1.54, 1.807) is 62.6 Å². The number of aryl methyl sites for hydroxylation is 1. The Bertz CT molecular complexity index is 3040. The van der Waals surface area contributed by atoms with Crippen LogP contribution < -0.4 is 34.1 Å². The van der Waals surface area contributed by atoms with Gasteiger partial charge < -0.3 is 38.8 Å². The summed E-state index contributed by atoms with van der Waals surface area (Å²) in [7, 11) is 4.66. The number of halogens is 5. The van der Waals surface area contributed by atoms with E-state index in [0.29, 0.717) is 43.1 Å². The maximum atomic E-state index is 18.4. The molecule has 4 aliphatic rings. The summed E-state index contributed by atoms with van der Waals surface area (Å²) in [5.74, 6) is 0.987. The van der Waals surface area contributed by atoms with E-state index in [-0.39, 0.29) is 104 Å². The standard InChI is InChI=1S/C57H64F5N9O6/c1-34-25-44(68(28-36-11-19-42(74-6)20-12-36)29-37-13-21-43(75-7)22-14-37)64-49(46(34)57(60,61)62)50-47(59)48-45(51(65-50)63-27-35-9-17-41(73-5)18-10-35)52(67-53(66-48)76-33-56-23-8-24-70(56)30-38(58)26-56)69-31-39-15-16-40(32-69)71(39)54(72)77-55(2,3)4/h9-14,17-22,25,38-40H,8,15-16,23-24,26-33H2,1-7H3,(H,63,65)/t38-,39-,40+,56+/m1/s1. The van der Waals surface area contributed by atoms with Crippen molar-refractivity contribution in [3.63, 3.8) is 0 Å². The number of ether oxygens (including phenoxy) is 5. The van der Waals surface area contributed by atoms with Crippen molar-refractivity contribution >= 4 is 34.4 Å². The zero-order valence-corrected chi connectivity index (χ0v) is 44.3. The fourth-order valence-corrected chi connectivity index (χ4v) is 11.4. The molecule has 4 aliphatic heterocycles. The van der Waals surface area contributed by atoms with E-state index in [9.17, 15) is 4.79 Å². The summed E-state index contributed by atoms with van der Waals surface area (Å²) in [6, 6.07) is 22.3. The summed E-state index contributed by atoms with van der Waals surface area (Å²) >= 11 is 0. The number of nitrogens with zero attached hydrogens (tertiary/aromatic N) is 8. The summed E-state index contributed by atoms with van der Waals surface area (Å²) < 4.78 is 109. The summed E-state index contributed by atoms with van der Waals surface area (Å²) in [6.45, 7) is 8.68. The van der Waals surface area contributed by atoms with Crippen LogP contribution in [0.2, 0.25) is 0 Å². The highest BCUT2D eigenvalue weighted by molar-refractivity contribution is 6.01. The van der Waals surface area contributed by atoms with Gasteiger partial charge in [0.2, 0.25) is 0 Å². The molecular weight excluding hydrogens is 1000 g/mol. The lowest BCUT2D eigenvalue weighted by Gasteiger charge is -2.42. The fourth-order valence-electron chi connectivity index (χ4n) is 11.4. The Kier molecular flexibility index (Phi) is 14.7. The third kappa shape index (κ3) is 11.2. The Morgan fingerprint density at radius 1 is 0.792 bits per heavy atom. The second kappa shape index (κ2) is 21.3. The molecule has 0 saturated carbocycles. The van der Waals surface area contributed by atoms with Crippen LogP contribution in [0.15, 0.2) is 78.9 Å². The molecule has 0 unspecified atom stereocenters. The van der Waals surface area contributed by atoms with Gasteiger partial charge in [0.25, 0.3) is 0 Å². The molecule has 3 aromatic carbocycles. The van der Waals surface area contributed by atoms with Gasteiger partial charge in [-0.15, -0.1) is 0 Å². The van der Waals surface area contributed by atoms with Crippen molar-refractivity contribution in [2.24, 2.45) is 0 Å². The number of fused-ring (bicyclic) bond motifs is 4. The monoisotopic (exact) mass is 1070 g/mol. The van der Waals surface area contributed by atoms with Gasteiger partial charge in [-0.05, 0) is 125 Å². The number of piperazine rings is 1. The summed E-state index contributed by atoms with van der Waals surface area (Å²) in [6.07, 6.45) is -3.48. The lowest BCUT2D eigenvalue weighted by Crippen LogP contribution is -2.57. The van der Waals surface area contributed by atoms with E-state index >= 15 is 22.0 Å². The smallest absolute Gasteiger partial charge is 0.418 e. The Labute approximate surface area is 444 Å². The third-order valence-corrected chi connectivity index (χ3v) is 15.1. The zero-order valence-electron chi connectivity index (χ0n) is 44.3. The number of carbonyl (C=O) groups excluding carboxylic acids is 1. The number of alkyl halides is 4. The van der Waals surface area contributed by atoms with Crippen molar-refractivity contribution in [1.82, 2.24) is 29.7 Å². The highest BCUT2D eigenvalue weighted by atomic mass is 19.4. The van der Waals surface area contributed by atoms with Crippen molar-refractivity contribution in [2.45, 2.75) is 115 Å². The molecule has 4 atom stereocenters. The molecule has 0 aliphatic carbocycles. The Morgan fingerprint density at radius 3 is 1.94 bits per heavy atom. The zero-order chi connectivity index (χ0) is 54.4. The first-order valence-corrected chi connectivity index (χ1v) is 26.0. The normalized spacial score (nSPS) is 20.3. The molecule has 0 radical (unpaired) electrons. The molecule has 15 nitrogen and oxygen atoms in total. The number of rotatable bonds is 16. The number of benzene rings is 3. The van der Waals surface area contributed by atoms with Crippen LogP contribution in [-0.4, -0.2) is 119 Å². The number of nitrogens with one attached hydrogen (secondary N) is 1. The van der Waals surface area contributed by atoms with Gasteiger partial charge in [-0.1, -0.05) is 36.4 Å². The SMILES string of the molecule is COc1ccc(CNc2nc(-c3nc(N(Cc4ccc(OC)cc4)Cc4ccc(OC)cc4)cc(C)c3C(F)(F)F)c(F)c3nc(OC[C@@]45CCCN4C[C@H](F)C5)nc(N4C[C@H]5CC[C@@H](C4)N5C(=O)OC(C)(C)C)c23)cc1. The highest BCUT2D eigenvalue weighted by Crippen LogP contribution is 2.46. The van der Waals surface area contributed by atoms with Gasteiger partial charge in [-0.3, -0.25) is 9.80 Å². The molecule has 10 rings (SSSR count). The summed E-state index contributed by atoms with van der Waals surface area (Å²) in [5.41, 5.74) is -2.24. The average Bonchev–Trinajstić information content (AvgIpc) is 4.10. The average molecular weight is 1070 g/mol. The van der Waals surface area contributed by atoms with Gasteiger partial charge in [0.05, 0.1) is 49.9 Å². The number of hydrogen-bond acceptors (Lipinski definition) is 14. The summed E-state index contributed by atoms with van der Waals surface area (Å²) in [5, 5.41) is 3.42. The largest absolute Gasteiger partial charge is 0.497 e. The minimum atomic E-state index is -5.03. The van der Waals surface area contributed by atoms with Crippen LogP contribution in [0.5, 0.6) is 23.3 Å². The number of pyridine rings is 2. The Balaban J connectivity index is 1.16. The van der Waals surface area contributed by atoms with Crippen molar-refractivity contribution in [1.29, 1.82) is 0 Å². The van der Waals surface area contributed by atoms with Crippen molar-refractivity contribution < 1.29 is 50.4 Å². The molecule has 0 spiro atoms. The Morgan fingerprint density at radius 2 is 1.38 bits per heavy atom. The fraction of sp³-hybridized carbons (Fsp3) is 0.456. The second-order valence-corrected chi connectivity index (χ2v) is 21.5. The van der Waals surface area contributed by atoms with Crippen LogP contribution in [0.4, 0.5) is 44.2 Å². The van der Waals surface area contributed by atoms with E-state index < -0.39 is 52.3 Å². The first-order valence-electron chi connectivity index (χ1n) is 26.0. The number of carbonyl (C=O) groups is 1. The van der Waals surface area contributed by atoms with E-state index in [0.717, 1.165) is 23.1 Å². The predicted molar refractivity (Wildman–Crippen MR) is 282 cm³/mol. The maximum Gasteiger partial charge on any atom is 0.418 e. The lowest BCUT2D eigenvalue weighted by atomic mass is 9.95. The first kappa shape index (κ1) is 53.2. The van der Waals surface area contributed by atoms with Gasteiger partial charge in [0, 0.05) is 45.7 Å². The second-order valence-electron chi connectivity index (χ2n) is 21.5. The highest BCUT2D eigenvalue weighted by Gasteiger charge is 2.50. The van der Waals surface area contributed by atoms with Crippen LogP contribution in [0, 0.1) is 12.7 Å². The lowest BCUT2D eigenvalue weighted by molar-refractivity contribution is -0.137.